The van der Waals surface area contributed by atoms with Gasteiger partial charge >= 0.3 is 0 Å². The number of ketones is 1. The molecule has 1 aliphatic carbocycles. The highest BCUT2D eigenvalue weighted by Gasteiger charge is 2.38. The maximum absolute atomic E-state index is 12.3. The summed E-state index contributed by atoms with van der Waals surface area (Å²) in [5, 5.41) is 12.6. The number of hydrogen-bond donors (Lipinski definition) is 1. The molecule has 1 fully saturated rings. The Balaban J connectivity index is 1.91. The number of carbonyl (C=O) groups is 1. The van der Waals surface area contributed by atoms with Crippen LogP contribution in [0.3, 0.4) is 0 Å². The second-order valence-electron chi connectivity index (χ2n) is 5.48. The van der Waals surface area contributed by atoms with Crippen molar-refractivity contribution < 1.29 is 9.90 Å². The molecule has 1 N–H and O–H groups in total. The Morgan fingerprint density at radius 1 is 1.05 bits per heavy atom. The van der Waals surface area contributed by atoms with Crippen molar-refractivity contribution in [3.63, 3.8) is 0 Å². The van der Waals surface area contributed by atoms with Gasteiger partial charge in [-0.05, 0) is 42.0 Å². The molecule has 0 aromatic heterocycles. The molecule has 98 valence electrons. The lowest BCUT2D eigenvalue weighted by Gasteiger charge is -2.20. The van der Waals surface area contributed by atoms with Crippen molar-refractivity contribution in [2.75, 3.05) is 0 Å². The molecule has 0 atom stereocenters. The summed E-state index contributed by atoms with van der Waals surface area (Å²) in [4.78, 5) is 12.3. The smallest absolute Gasteiger partial charge is 0.168 e. The van der Waals surface area contributed by atoms with Crippen molar-refractivity contribution in [3.8, 4) is 0 Å². The predicted molar refractivity (Wildman–Crippen MR) is 76.1 cm³/mol. The first-order chi connectivity index (χ1) is 9.19. The lowest BCUT2D eigenvalue weighted by molar-refractivity contribution is -0.135. The summed E-state index contributed by atoms with van der Waals surface area (Å²) >= 11 is 0. The fourth-order valence-corrected chi connectivity index (χ4v) is 3.02. The fourth-order valence-electron chi connectivity index (χ4n) is 3.02. The van der Waals surface area contributed by atoms with Crippen LogP contribution in [0.15, 0.2) is 42.5 Å². The summed E-state index contributed by atoms with van der Waals surface area (Å²) in [7, 11) is 0. The summed E-state index contributed by atoms with van der Waals surface area (Å²) in [6.07, 6.45) is 3.49. The lowest BCUT2D eigenvalue weighted by atomic mass is 9.90. The van der Waals surface area contributed by atoms with Gasteiger partial charge in [-0.1, -0.05) is 42.5 Å². The normalized spacial score (nSPS) is 17.7. The Morgan fingerprint density at radius 3 is 2.53 bits per heavy atom. The van der Waals surface area contributed by atoms with Crippen molar-refractivity contribution in [1.82, 2.24) is 0 Å². The van der Waals surface area contributed by atoms with Crippen LogP contribution in [0.1, 0.15) is 31.2 Å². The molecule has 2 aromatic rings. The van der Waals surface area contributed by atoms with E-state index in [-0.39, 0.29) is 5.78 Å². The summed E-state index contributed by atoms with van der Waals surface area (Å²) in [5.74, 6) is -0.0265. The second-order valence-corrected chi connectivity index (χ2v) is 5.48. The van der Waals surface area contributed by atoms with E-state index in [2.05, 4.69) is 0 Å². The molecule has 0 unspecified atom stereocenters. The van der Waals surface area contributed by atoms with E-state index >= 15 is 0 Å². The van der Waals surface area contributed by atoms with Crippen molar-refractivity contribution in [2.45, 2.75) is 37.7 Å². The zero-order valence-electron chi connectivity index (χ0n) is 10.9. The van der Waals surface area contributed by atoms with Gasteiger partial charge < -0.3 is 5.11 Å². The van der Waals surface area contributed by atoms with Crippen molar-refractivity contribution >= 4 is 16.6 Å². The van der Waals surface area contributed by atoms with Gasteiger partial charge in [-0.15, -0.1) is 0 Å². The minimum Gasteiger partial charge on any atom is -0.382 e. The molecule has 1 aliphatic rings. The van der Waals surface area contributed by atoms with Gasteiger partial charge in [-0.25, -0.2) is 0 Å². The van der Waals surface area contributed by atoms with Crippen LogP contribution in [0, 0.1) is 0 Å². The minimum atomic E-state index is -1.07. The van der Waals surface area contributed by atoms with Gasteiger partial charge in [0.05, 0.1) is 0 Å². The molecule has 0 bridgehead atoms. The molecule has 19 heavy (non-hydrogen) atoms. The Bertz CT molecular complexity index is 604. The summed E-state index contributed by atoms with van der Waals surface area (Å²) in [6, 6.07) is 14.1. The summed E-state index contributed by atoms with van der Waals surface area (Å²) in [6.45, 7) is 0. The van der Waals surface area contributed by atoms with Crippen molar-refractivity contribution in [3.05, 3.63) is 48.0 Å². The number of fused-ring (bicyclic) bond motifs is 1. The number of carbonyl (C=O) groups excluding carboxylic acids is 1. The lowest BCUT2D eigenvalue weighted by Crippen LogP contribution is -2.36. The second kappa shape index (κ2) is 4.78. The molecule has 3 rings (SSSR count). The SMILES string of the molecule is O=C(Cc1cccc2ccccc12)C1(O)CCCC1. The van der Waals surface area contributed by atoms with E-state index in [1.165, 1.54) is 0 Å². The topological polar surface area (TPSA) is 37.3 Å². The Labute approximate surface area is 113 Å². The standard InChI is InChI=1S/C17H18O2/c18-16(17(19)10-3-4-11-17)12-14-8-5-7-13-6-1-2-9-15(13)14/h1-2,5-9,19H,3-4,10-12H2. The third kappa shape index (κ3) is 2.28. The summed E-state index contributed by atoms with van der Waals surface area (Å²) < 4.78 is 0. The van der Waals surface area contributed by atoms with Gasteiger partial charge in [0.2, 0.25) is 0 Å². The van der Waals surface area contributed by atoms with Gasteiger partial charge in [0.1, 0.15) is 5.60 Å². The molecule has 0 radical (unpaired) electrons. The van der Waals surface area contributed by atoms with E-state index < -0.39 is 5.60 Å². The van der Waals surface area contributed by atoms with Crippen molar-refractivity contribution in [1.29, 1.82) is 0 Å². The quantitative estimate of drug-likeness (QED) is 0.912. The van der Waals surface area contributed by atoms with Gasteiger partial charge in [0, 0.05) is 6.42 Å². The first kappa shape index (κ1) is 12.4. The van der Waals surface area contributed by atoms with E-state index in [0.29, 0.717) is 19.3 Å². The van der Waals surface area contributed by atoms with Crippen LogP contribution in [-0.2, 0) is 11.2 Å². The van der Waals surface area contributed by atoms with Crippen LogP contribution >= 0.6 is 0 Å². The average molecular weight is 254 g/mol. The van der Waals surface area contributed by atoms with Crippen LogP contribution in [0.4, 0.5) is 0 Å². The molecule has 0 amide bonds. The Hall–Kier alpha value is -1.67. The van der Waals surface area contributed by atoms with Gasteiger partial charge in [-0.3, -0.25) is 4.79 Å². The van der Waals surface area contributed by atoms with Crippen molar-refractivity contribution in [2.24, 2.45) is 0 Å². The number of rotatable bonds is 3. The number of hydrogen-bond acceptors (Lipinski definition) is 2. The molecule has 0 spiro atoms. The zero-order chi connectivity index (χ0) is 13.3. The third-order valence-electron chi connectivity index (χ3n) is 4.18. The minimum absolute atomic E-state index is 0.0265. The number of aliphatic hydroxyl groups is 1. The maximum atomic E-state index is 12.3. The highest BCUT2D eigenvalue weighted by Crippen LogP contribution is 2.32. The summed E-state index contributed by atoms with van der Waals surface area (Å²) in [5.41, 5.74) is -0.0554. The number of benzene rings is 2. The van der Waals surface area contributed by atoms with Crippen LogP contribution in [-0.4, -0.2) is 16.5 Å². The first-order valence-corrected chi connectivity index (χ1v) is 6.91. The van der Waals surface area contributed by atoms with E-state index in [1.807, 2.05) is 42.5 Å². The van der Waals surface area contributed by atoms with Gasteiger partial charge in [-0.2, -0.15) is 0 Å². The molecule has 2 nitrogen and oxygen atoms in total. The average Bonchev–Trinajstić information content (AvgIpc) is 2.87. The van der Waals surface area contributed by atoms with E-state index in [1.54, 1.807) is 0 Å². The zero-order valence-corrected chi connectivity index (χ0v) is 10.9. The Morgan fingerprint density at radius 2 is 1.74 bits per heavy atom. The molecular formula is C17H18O2. The molecule has 2 aromatic carbocycles. The van der Waals surface area contributed by atoms with Crippen LogP contribution in [0.2, 0.25) is 0 Å². The largest absolute Gasteiger partial charge is 0.382 e. The maximum Gasteiger partial charge on any atom is 0.168 e. The van der Waals surface area contributed by atoms with Crippen LogP contribution in [0.25, 0.3) is 10.8 Å². The van der Waals surface area contributed by atoms with Gasteiger partial charge in [0.15, 0.2) is 5.78 Å². The third-order valence-corrected chi connectivity index (χ3v) is 4.18. The Kier molecular flexibility index (Phi) is 3.11. The van der Waals surface area contributed by atoms with E-state index in [0.717, 1.165) is 29.2 Å². The van der Waals surface area contributed by atoms with E-state index in [9.17, 15) is 9.90 Å². The highest BCUT2D eigenvalue weighted by molar-refractivity contribution is 5.94. The molecule has 0 aliphatic heterocycles. The number of Topliss-reactive ketones (excluding diaryl/α,β-unsaturated/α-hetero) is 1. The van der Waals surface area contributed by atoms with Gasteiger partial charge in [0.25, 0.3) is 0 Å². The molecular weight excluding hydrogens is 236 g/mol. The molecule has 1 saturated carbocycles. The molecule has 2 heteroatoms. The predicted octanol–water partition coefficient (Wildman–Crippen LogP) is 3.26. The molecule has 0 saturated heterocycles. The first-order valence-electron chi connectivity index (χ1n) is 6.91. The van der Waals surface area contributed by atoms with Crippen LogP contribution < -0.4 is 0 Å². The fraction of sp³-hybridized carbons (Fsp3) is 0.353. The molecule has 0 heterocycles. The monoisotopic (exact) mass is 254 g/mol. The van der Waals surface area contributed by atoms with Crippen LogP contribution in [0.5, 0.6) is 0 Å². The van der Waals surface area contributed by atoms with E-state index in [4.69, 9.17) is 0 Å². The highest BCUT2D eigenvalue weighted by atomic mass is 16.3.